The summed E-state index contributed by atoms with van der Waals surface area (Å²) < 4.78 is 5.05. The number of Topliss-reactive ketones (excluding diaryl/α,β-unsaturated/α-hetero) is 1. The predicted molar refractivity (Wildman–Crippen MR) is 79.4 cm³/mol. The molecule has 0 unspecified atom stereocenters. The number of ether oxygens (including phenoxy) is 1. The molecular weight excluding hydrogens is 285 g/mol. The monoisotopic (exact) mass is 303 g/mol. The standard InChI is InChI=1S/C14H19Cl2NO2/c1-10(2)17(6-7-19-3)9-14(18)12-5-4-11(15)8-13(12)16/h4-5,8,10H,6-7,9H2,1-3H3. The van der Waals surface area contributed by atoms with E-state index in [9.17, 15) is 4.79 Å². The van der Waals surface area contributed by atoms with Gasteiger partial charge in [0.05, 0.1) is 18.2 Å². The lowest BCUT2D eigenvalue weighted by Gasteiger charge is -2.25. The zero-order valence-electron chi connectivity index (χ0n) is 11.5. The SMILES string of the molecule is COCCN(CC(=O)c1ccc(Cl)cc1Cl)C(C)C. The van der Waals surface area contributed by atoms with Crippen LogP contribution in [0.15, 0.2) is 18.2 Å². The van der Waals surface area contributed by atoms with Crippen LogP contribution in [-0.4, -0.2) is 43.5 Å². The van der Waals surface area contributed by atoms with Crippen molar-refractivity contribution in [3.63, 3.8) is 0 Å². The predicted octanol–water partition coefficient (Wildman–Crippen LogP) is 3.53. The van der Waals surface area contributed by atoms with Crippen molar-refractivity contribution >= 4 is 29.0 Å². The number of hydrogen-bond acceptors (Lipinski definition) is 3. The first-order valence-corrected chi connectivity index (χ1v) is 6.92. The van der Waals surface area contributed by atoms with Crippen molar-refractivity contribution in [2.75, 3.05) is 26.8 Å². The number of carbonyl (C=O) groups excluding carboxylic acids is 1. The van der Waals surface area contributed by atoms with Gasteiger partial charge in [-0.25, -0.2) is 0 Å². The molecule has 19 heavy (non-hydrogen) atoms. The van der Waals surface area contributed by atoms with E-state index in [0.29, 0.717) is 35.3 Å². The molecule has 106 valence electrons. The first kappa shape index (κ1) is 16.4. The summed E-state index contributed by atoms with van der Waals surface area (Å²) in [5.41, 5.74) is 0.508. The van der Waals surface area contributed by atoms with Gasteiger partial charge in [-0.15, -0.1) is 0 Å². The first-order chi connectivity index (χ1) is 8.95. The van der Waals surface area contributed by atoms with Crippen molar-refractivity contribution in [2.45, 2.75) is 19.9 Å². The first-order valence-electron chi connectivity index (χ1n) is 6.17. The van der Waals surface area contributed by atoms with Crippen molar-refractivity contribution in [3.8, 4) is 0 Å². The average molecular weight is 304 g/mol. The van der Waals surface area contributed by atoms with Crippen LogP contribution in [0.3, 0.4) is 0 Å². The Morgan fingerprint density at radius 1 is 1.37 bits per heavy atom. The number of benzene rings is 1. The van der Waals surface area contributed by atoms with Crippen LogP contribution >= 0.6 is 23.2 Å². The van der Waals surface area contributed by atoms with E-state index in [0.717, 1.165) is 0 Å². The number of nitrogens with zero attached hydrogens (tertiary/aromatic N) is 1. The Kier molecular flexibility index (Phi) is 6.80. The Morgan fingerprint density at radius 3 is 2.58 bits per heavy atom. The van der Waals surface area contributed by atoms with Gasteiger partial charge in [0.25, 0.3) is 0 Å². The Labute approximate surface area is 124 Å². The van der Waals surface area contributed by atoms with Crippen LogP contribution < -0.4 is 0 Å². The van der Waals surface area contributed by atoms with Gasteiger partial charge in [-0.3, -0.25) is 9.69 Å². The Bertz CT molecular complexity index is 435. The summed E-state index contributed by atoms with van der Waals surface area (Å²) >= 11 is 11.9. The highest BCUT2D eigenvalue weighted by Gasteiger charge is 2.17. The molecule has 0 amide bonds. The number of carbonyl (C=O) groups is 1. The van der Waals surface area contributed by atoms with Crippen LogP contribution in [0, 0.1) is 0 Å². The molecule has 1 aromatic rings. The molecule has 0 saturated carbocycles. The summed E-state index contributed by atoms with van der Waals surface area (Å²) in [5, 5.41) is 0.926. The van der Waals surface area contributed by atoms with E-state index in [1.54, 1.807) is 25.3 Å². The third-order valence-electron chi connectivity index (χ3n) is 2.89. The maximum Gasteiger partial charge on any atom is 0.178 e. The number of ketones is 1. The van der Waals surface area contributed by atoms with Gasteiger partial charge < -0.3 is 4.74 Å². The van der Waals surface area contributed by atoms with Gasteiger partial charge in [0.1, 0.15) is 0 Å². The molecule has 0 spiro atoms. The smallest absolute Gasteiger partial charge is 0.178 e. The van der Waals surface area contributed by atoms with Crippen LogP contribution in [-0.2, 0) is 4.74 Å². The molecule has 0 atom stereocenters. The van der Waals surface area contributed by atoms with E-state index in [4.69, 9.17) is 27.9 Å². The molecule has 0 aliphatic carbocycles. The van der Waals surface area contributed by atoms with Crippen molar-refractivity contribution in [3.05, 3.63) is 33.8 Å². The quantitative estimate of drug-likeness (QED) is 0.722. The lowest BCUT2D eigenvalue weighted by molar-refractivity contribution is 0.0852. The molecular formula is C14H19Cl2NO2. The van der Waals surface area contributed by atoms with Gasteiger partial charge >= 0.3 is 0 Å². The van der Waals surface area contributed by atoms with Gasteiger partial charge in [0, 0.05) is 30.3 Å². The van der Waals surface area contributed by atoms with Gasteiger partial charge in [-0.1, -0.05) is 23.2 Å². The molecule has 5 heteroatoms. The summed E-state index contributed by atoms with van der Waals surface area (Å²) in [4.78, 5) is 14.3. The lowest BCUT2D eigenvalue weighted by Crippen LogP contribution is -2.38. The molecule has 0 heterocycles. The number of rotatable bonds is 7. The van der Waals surface area contributed by atoms with Crippen LogP contribution in [0.25, 0.3) is 0 Å². The van der Waals surface area contributed by atoms with Crippen molar-refractivity contribution in [1.29, 1.82) is 0 Å². The van der Waals surface area contributed by atoms with Crippen molar-refractivity contribution in [2.24, 2.45) is 0 Å². The van der Waals surface area contributed by atoms with Crippen molar-refractivity contribution < 1.29 is 9.53 Å². The third-order valence-corrected chi connectivity index (χ3v) is 3.44. The molecule has 0 bridgehead atoms. The minimum Gasteiger partial charge on any atom is -0.383 e. The molecule has 0 N–H and O–H groups in total. The molecule has 0 aliphatic heterocycles. The average Bonchev–Trinajstić information content (AvgIpc) is 2.33. The van der Waals surface area contributed by atoms with Gasteiger partial charge in [0.15, 0.2) is 5.78 Å². The topological polar surface area (TPSA) is 29.5 Å². The highest BCUT2D eigenvalue weighted by atomic mass is 35.5. The van der Waals surface area contributed by atoms with Crippen LogP contribution in [0.2, 0.25) is 10.0 Å². The number of halogens is 2. The van der Waals surface area contributed by atoms with Crippen LogP contribution in [0.5, 0.6) is 0 Å². The largest absolute Gasteiger partial charge is 0.383 e. The lowest BCUT2D eigenvalue weighted by atomic mass is 10.1. The molecule has 0 saturated heterocycles. The third kappa shape index (κ3) is 5.11. The van der Waals surface area contributed by atoms with Gasteiger partial charge in [-0.05, 0) is 32.0 Å². The van der Waals surface area contributed by atoms with Crippen LogP contribution in [0.4, 0.5) is 0 Å². The zero-order chi connectivity index (χ0) is 14.4. The summed E-state index contributed by atoms with van der Waals surface area (Å²) in [7, 11) is 1.65. The molecule has 0 fully saturated rings. The molecule has 0 aliphatic rings. The zero-order valence-corrected chi connectivity index (χ0v) is 13.0. The maximum atomic E-state index is 12.2. The second kappa shape index (κ2) is 7.85. The highest BCUT2D eigenvalue weighted by Crippen LogP contribution is 2.21. The molecule has 0 radical (unpaired) electrons. The van der Waals surface area contributed by atoms with Gasteiger partial charge in [-0.2, -0.15) is 0 Å². The fraction of sp³-hybridized carbons (Fsp3) is 0.500. The maximum absolute atomic E-state index is 12.2. The summed E-state index contributed by atoms with van der Waals surface area (Å²) in [6, 6.07) is 5.20. The Balaban J connectivity index is 2.76. The second-order valence-electron chi connectivity index (χ2n) is 4.60. The summed E-state index contributed by atoms with van der Waals surface area (Å²) in [6.45, 7) is 5.73. The normalized spacial score (nSPS) is 11.3. The Hall–Kier alpha value is -0.610. The summed E-state index contributed by atoms with van der Waals surface area (Å²) in [5.74, 6) is -0.00790. The minimum absolute atomic E-state index is 0.00790. The fourth-order valence-corrected chi connectivity index (χ4v) is 2.23. The Morgan fingerprint density at radius 2 is 2.05 bits per heavy atom. The van der Waals surface area contributed by atoms with E-state index < -0.39 is 0 Å². The molecule has 1 aromatic carbocycles. The highest BCUT2D eigenvalue weighted by molar-refractivity contribution is 6.36. The van der Waals surface area contributed by atoms with E-state index in [-0.39, 0.29) is 11.8 Å². The fourth-order valence-electron chi connectivity index (χ4n) is 1.71. The second-order valence-corrected chi connectivity index (χ2v) is 5.45. The van der Waals surface area contributed by atoms with Gasteiger partial charge in [0.2, 0.25) is 0 Å². The number of hydrogen-bond donors (Lipinski definition) is 0. The van der Waals surface area contributed by atoms with Crippen LogP contribution in [0.1, 0.15) is 24.2 Å². The minimum atomic E-state index is -0.00790. The van der Waals surface area contributed by atoms with E-state index in [2.05, 4.69) is 4.90 Å². The van der Waals surface area contributed by atoms with E-state index in [1.165, 1.54) is 0 Å². The molecule has 0 aromatic heterocycles. The molecule has 3 nitrogen and oxygen atoms in total. The number of methoxy groups -OCH3 is 1. The molecule has 1 rings (SSSR count). The summed E-state index contributed by atoms with van der Waals surface area (Å²) in [6.07, 6.45) is 0. The van der Waals surface area contributed by atoms with E-state index >= 15 is 0 Å². The van der Waals surface area contributed by atoms with E-state index in [1.807, 2.05) is 13.8 Å². The van der Waals surface area contributed by atoms with Crippen molar-refractivity contribution in [1.82, 2.24) is 4.90 Å².